The molecule has 0 amide bonds. The molecule has 0 aliphatic rings. The van der Waals surface area contributed by atoms with E-state index in [1.165, 1.54) is 71.3 Å². The first kappa shape index (κ1) is 17.7. The van der Waals surface area contributed by atoms with Crippen molar-refractivity contribution in [2.45, 2.75) is 13.8 Å². The van der Waals surface area contributed by atoms with E-state index in [1.807, 2.05) is 0 Å². The molecule has 0 saturated heterocycles. The first-order chi connectivity index (χ1) is 15.6. The van der Waals surface area contributed by atoms with E-state index in [0.29, 0.717) is 0 Å². The minimum Gasteiger partial charge on any atom is -0.307 e. The summed E-state index contributed by atoms with van der Waals surface area (Å²) in [6, 6.07) is 28.9. The SMILES string of the molecule is Cc1cc2c3cccc(-c4ccccc4)c3n3c4cccc5cc[n+](C)c(c(c1C)c23)c54. The molecule has 4 aromatic carbocycles. The molecule has 0 atom stereocenters. The lowest BCUT2D eigenvalue weighted by atomic mass is 9.96. The van der Waals surface area contributed by atoms with E-state index in [9.17, 15) is 0 Å². The maximum absolute atomic E-state index is 2.53. The molecule has 0 unspecified atom stereocenters. The van der Waals surface area contributed by atoms with Crippen LogP contribution in [0.5, 0.6) is 0 Å². The van der Waals surface area contributed by atoms with Crippen molar-refractivity contribution in [1.82, 2.24) is 4.40 Å². The molecule has 0 aliphatic carbocycles. The molecule has 0 N–H and O–H groups in total. The molecule has 0 saturated carbocycles. The second kappa shape index (κ2) is 6.08. The number of para-hydroxylation sites is 1. The molecule has 152 valence electrons. The zero-order chi connectivity index (χ0) is 21.6. The standard InChI is InChI=1S/C30H23N2/c1-18-17-24-23-13-8-12-22(20-9-5-4-6-10-20)28(23)32-25-14-7-11-21-15-16-31(3)30(27(21)25)26(19(18)2)29(24)32/h4-17H,1-3H3/q+1. The maximum Gasteiger partial charge on any atom is 0.224 e. The average Bonchev–Trinajstić information content (AvgIpc) is 3.15. The van der Waals surface area contributed by atoms with Gasteiger partial charge in [0.25, 0.3) is 0 Å². The van der Waals surface area contributed by atoms with Gasteiger partial charge < -0.3 is 4.40 Å². The average molecular weight is 412 g/mol. The molecule has 32 heavy (non-hydrogen) atoms. The fraction of sp³-hybridized carbons (Fsp3) is 0.100. The number of aryl methyl sites for hydroxylation is 3. The highest BCUT2D eigenvalue weighted by Gasteiger charge is 2.25. The molecule has 0 bridgehead atoms. The van der Waals surface area contributed by atoms with Gasteiger partial charge in [-0.1, -0.05) is 60.7 Å². The number of fused-ring (bicyclic) bond motifs is 5. The summed E-state index contributed by atoms with van der Waals surface area (Å²) in [5, 5.41) is 6.64. The van der Waals surface area contributed by atoms with Crippen molar-refractivity contribution in [2.75, 3.05) is 0 Å². The van der Waals surface area contributed by atoms with E-state index >= 15 is 0 Å². The summed E-state index contributed by atoms with van der Waals surface area (Å²) in [7, 11) is 2.17. The Bertz CT molecular complexity index is 1840. The van der Waals surface area contributed by atoms with Gasteiger partial charge in [0.05, 0.1) is 27.3 Å². The number of benzene rings is 4. The van der Waals surface area contributed by atoms with Crippen LogP contribution in [-0.2, 0) is 7.05 Å². The highest BCUT2D eigenvalue weighted by molar-refractivity contribution is 6.27. The van der Waals surface area contributed by atoms with Crippen LogP contribution in [0.25, 0.3) is 60.1 Å². The Morgan fingerprint density at radius 1 is 0.719 bits per heavy atom. The van der Waals surface area contributed by atoms with E-state index in [0.717, 1.165) is 0 Å². The molecule has 0 radical (unpaired) electrons. The fourth-order valence-corrected chi connectivity index (χ4v) is 5.72. The predicted octanol–water partition coefficient (Wildman–Crippen LogP) is 7.10. The van der Waals surface area contributed by atoms with Crippen LogP contribution in [0.1, 0.15) is 11.1 Å². The van der Waals surface area contributed by atoms with Gasteiger partial charge >= 0.3 is 0 Å². The zero-order valence-electron chi connectivity index (χ0n) is 18.5. The van der Waals surface area contributed by atoms with Crippen LogP contribution in [0, 0.1) is 13.8 Å². The Hall–Kier alpha value is -3.91. The predicted molar refractivity (Wildman–Crippen MR) is 135 cm³/mol. The minimum absolute atomic E-state index is 1.25. The van der Waals surface area contributed by atoms with Crippen LogP contribution in [0.2, 0.25) is 0 Å². The third-order valence-electron chi connectivity index (χ3n) is 7.30. The quantitative estimate of drug-likeness (QED) is 0.155. The van der Waals surface area contributed by atoms with Gasteiger partial charge in [-0.15, -0.1) is 0 Å². The van der Waals surface area contributed by atoms with Gasteiger partial charge in [0.1, 0.15) is 7.05 Å². The van der Waals surface area contributed by atoms with E-state index in [2.05, 4.69) is 115 Å². The second-order valence-electron chi connectivity index (χ2n) is 9.01. The molecular formula is C30H23N2+. The largest absolute Gasteiger partial charge is 0.307 e. The third kappa shape index (κ3) is 2.07. The Morgan fingerprint density at radius 3 is 2.38 bits per heavy atom. The molecule has 2 nitrogen and oxygen atoms in total. The van der Waals surface area contributed by atoms with Crippen LogP contribution < -0.4 is 4.57 Å². The van der Waals surface area contributed by atoms with Crippen molar-refractivity contribution < 1.29 is 4.57 Å². The number of hydrogen-bond acceptors (Lipinski definition) is 0. The number of nitrogens with zero attached hydrogens (tertiary/aromatic N) is 2. The molecule has 2 heteroatoms. The summed E-state index contributed by atoms with van der Waals surface area (Å²) in [5.74, 6) is 0. The summed E-state index contributed by atoms with van der Waals surface area (Å²) in [6.45, 7) is 4.52. The molecule has 0 fully saturated rings. The van der Waals surface area contributed by atoms with Gasteiger partial charge in [-0.25, -0.2) is 4.57 Å². The molecule has 7 rings (SSSR count). The van der Waals surface area contributed by atoms with Crippen molar-refractivity contribution in [2.24, 2.45) is 7.05 Å². The van der Waals surface area contributed by atoms with Gasteiger partial charge in [0, 0.05) is 22.4 Å². The van der Waals surface area contributed by atoms with Crippen molar-refractivity contribution in [3.05, 3.63) is 96.2 Å². The van der Waals surface area contributed by atoms with E-state index in [4.69, 9.17) is 0 Å². The lowest BCUT2D eigenvalue weighted by Crippen LogP contribution is -2.29. The summed E-state index contributed by atoms with van der Waals surface area (Å²) >= 11 is 0. The number of hydrogen-bond donors (Lipinski definition) is 0. The molecular weight excluding hydrogens is 388 g/mol. The van der Waals surface area contributed by atoms with Gasteiger partial charge in [-0.3, -0.25) is 0 Å². The lowest BCUT2D eigenvalue weighted by molar-refractivity contribution is -0.643. The normalized spacial score (nSPS) is 12.2. The summed E-state index contributed by atoms with van der Waals surface area (Å²) < 4.78 is 4.83. The first-order valence-electron chi connectivity index (χ1n) is 11.2. The Labute approximate surface area is 186 Å². The highest BCUT2D eigenvalue weighted by Crippen LogP contribution is 2.43. The molecule has 7 aromatic rings. The van der Waals surface area contributed by atoms with Gasteiger partial charge in [0.15, 0.2) is 6.20 Å². The number of aromatic nitrogens is 2. The van der Waals surface area contributed by atoms with E-state index in [-0.39, 0.29) is 0 Å². The van der Waals surface area contributed by atoms with Crippen molar-refractivity contribution in [3.8, 4) is 11.1 Å². The van der Waals surface area contributed by atoms with Gasteiger partial charge in [-0.2, -0.15) is 0 Å². The number of rotatable bonds is 1. The molecule has 3 heterocycles. The van der Waals surface area contributed by atoms with Crippen molar-refractivity contribution in [3.63, 3.8) is 0 Å². The molecule has 0 spiro atoms. The Balaban J connectivity index is 1.91. The fourth-order valence-electron chi connectivity index (χ4n) is 5.72. The smallest absolute Gasteiger partial charge is 0.224 e. The minimum atomic E-state index is 1.25. The van der Waals surface area contributed by atoms with Crippen LogP contribution in [0.3, 0.4) is 0 Å². The van der Waals surface area contributed by atoms with Crippen LogP contribution in [0.15, 0.2) is 85.1 Å². The van der Waals surface area contributed by atoms with Crippen LogP contribution in [-0.4, -0.2) is 4.40 Å². The summed E-state index contributed by atoms with van der Waals surface area (Å²) in [6.07, 6.45) is 2.20. The van der Waals surface area contributed by atoms with Crippen LogP contribution in [0.4, 0.5) is 0 Å². The topological polar surface area (TPSA) is 8.29 Å². The monoisotopic (exact) mass is 411 g/mol. The summed E-state index contributed by atoms with van der Waals surface area (Å²) in [4.78, 5) is 0. The van der Waals surface area contributed by atoms with Gasteiger partial charge in [-0.05, 0) is 48.1 Å². The summed E-state index contributed by atoms with van der Waals surface area (Å²) in [5.41, 5.74) is 10.4. The van der Waals surface area contributed by atoms with E-state index < -0.39 is 0 Å². The van der Waals surface area contributed by atoms with Crippen molar-refractivity contribution in [1.29, 1.82) is 0 Å². The Morgan fingerprint density at radius 2 is 1.53 bits per heavy atom. The highest BCUT2D eigenvalue weighted by atomic mass is 15.0. The molecule has 3 aromatic heterocycles. The lowest BCUT2D eigenvalue weighted by Gasteiger charge is -2.14. The van der Waals surface area contributed by atoms with Crippen molar-refractivity contribution >= 4 is 49.0 Å². The maximum atomic E-state index is 2.53. The molecule has 0 aliphatic heterocycles. The zero-order valence-corrected chi connectivity index (χ0v) is 18.5. The third-order valence-corrected chi connectivity index (χ3v) is 7.30. The van der Waals surface area contributed by atoms with E-state index in [1.54, 1.807) is 0 Å². The Kier molecular flexibility index (Phi) is 3.37. The first-order valence-corrected chi connectivity index (χ1v) is 11.2. The second-order valence-corrected chi connectivity index (χ2v) is 9.01. The number of pyridine rings is 2. The van der Waals surface area contributed by atoms with Crippen LogP contribution >= 0.6 is 0 Å². The van der Waals surface area contributed by atoms with Gasteiger partial charge in [0.2, 0.25) is 5.52 Å².